The Labute approximate surface area is 101 Å². The minimum atomic E-state index is -0.831. The van der Waals surface area contributed by atoms with Gasteiger partial charge in [0.2, 0.25) is 0 Å². The molecule has 0 spiro atoms. The molecule has 1 unspecified atom stereocenters. The number of nitrogens with one attached hydrogen (secondary N) is 1. The molecule has 1 aromatic rings. The smallest absolute Gasteiger partial charge is 0.159 e. The number of aliphatic hydroxyl groups excluding tert-OH is 1. The van der Waals surface area contributed by atoms with Gasteiger partial charge >= 0.3 is 0 Å². The predicted molar refractivity (Wildman–Crippen MR) is 63.6 cm³/mol. The van der Waals surface area contributed by atoms with Gasteiger partial charge in [-0.25, -0.2) is 8.78 Å². The van der Waals surface area contributed by atoms with Crippen molar-refractivity contribution in [2.45, 2.75) is 38.8 Å². The topological polar surface area (TPSA) is 32.3 Å². The van der Waals surface area contributed by atoms with E-state index in [9.17, 15) is 8.78 Å². The third-order valence-electron chi connectivity index (χ3n) is 3.15. The van der Waals surface area contributed by atoms with Crippen LogP contribution in [-0.4, -0.2) is 17.3 Å². The number of halogens is 2. The number of hydrogen-bond acceptors (Lipinski definition) is 2. The van der Waals surface area contributed by atoms with E-state index >= 15 is 0 Å². The van der Waals surface area contributed by atoms with Crippen LogP contribution < -0.4 is 5.32 Å². The van der Waals surface area contributed by atoms with Crippen LogP contribution in [0, 0.1) is 11.6 Å². The molecule has 4 heteroatoms. The van der Waals surface area contributed by atoms with E-state index in [0.717, 1.165) is 12.5 Å². The van der Waals surface area contributed by atoms with Gasteiger partial charge in [0.15, 0.2) is 11.6 Å². The molecule has 0 saturated heterocycles. The van der Waals surface area contributed by atoms with Gasteiger partial charge in [0.1, 0.15) is 0 Å². The Morgan fingerprint density at radius 1 is 1.29 bits per heavy atom. The first-order valence-electron chi connectivity index (χ1n) is 5.80. The summed E-state index contributed by atoms with van der Waals surface area (Å²) in [6.45, 7) is 4.59. The van der Waals surface area contributed by atoms with Gasteiger partial charge in [0, 0.05) is 18.7 Å². The molecule has 0 heterocycles. The predicted octanol–water partition coefficient (Wildman–Crippen LogP) is 2.61. The summed E-state index contributed by atoms with van der Waals surface area (Å²) in [6.07, 6.45) is 1.49. The largest absolute Gasteiger partial charge is 0.396 e. The van der Waals surface area contributed by atoms with Crippen LogP contribution in [0.1, 0.15) is 32.3 Å². The molecule has 2 N–H and O–H groups in total. The molecule has 96 valence electrons. The first-order valence-corrected chi connectivity index (χ1v) is 5.80. The molecule has 1 rings (SSSR count). The minimum absolute atomic E-state index is 0.106. The molecule has 0 aliphatic rings. The molecule has 0 fully saturated rings. The maximum absolute atomic E-state index is 13.0. The standard InChI is InChI=1S/C13H19F2NO/c1-3-13(2,6-7-17)16-9-10-4-5-11(14)12(15)8-10/h4-5,8,16-17H,3,6-7,9H2,1-2H3. The second kappa shape index (κ2) is 6.07. The molecule has 17 heavy (non-hydrogen) atoms. The monoisotopic (exact) mass is 243 g/mol. The molecule has 0 saturated carbocycles. The molecule has 1 aromatic carbocycles. The third-order valence-corrected chi connectivity index (χ3v) is 3.15. The van der Waals surface area contributed by atoms with Gasteiger partial charge in [-0.1, -0.05) is 13.0 Å². The highest BCUT2D eigenvalue weighted by atomic mass is 19.2. The molecular weight excluding hydrogens is 224 g/mol. The molecule has 0 aliphatic heterocycles. The van der Waals surface area contributed by atoms with Crippen molar-refractivity contribution >= 4 is 0 Å². The zero-order valence-electron chi connectivity index (χ0n) is 10.3. The molecule has 0 amide bonds. The fourth-order valence-corrected chi connectivity index (χ4v) is 1.60. The van der Waals surface area contributed by atoms with Crippen LogP contribution in [0.4, 0.5) is 8.78 Å². The van der Waals surface area contributed by atoms with Crippen molar-refractivity contribution in [1.82, 2.24) is 5.32 Å². The number of aliphatic hydroxyl groups is 1. The van der Waals surface area contributed by atoms with Crippen molar-refractivity contribution in [1.29, 1.82) is 0 Å². The van der Waals surface area contributed by atoms with Crippen LogP contribution in [0.15, 0.2) is 18.2 Å². The second-order valence-electron chi connectivity index (χ2n) is 4.49. The van der Waals surface area contributed by atoms with Crippen LogP contribution >= 0.6 is 0 Å². The van der Waals surface area contributed by atoms with Gasteiger partial charge in [-0.05, 0) is 37.5 Å². The van der Waals surface area contributed by atoms with E-state index in [-0.39, 0.29) is 12.1 Å². The van der Waals surface area contributed by atoms with E-state index in [0.29, 0.717) is 18.5 Å². The Morgan fingerprint density at radius 2 is 2.00 bits per heavy atom. The van der Waals surface area contributed by atoms with E-state index in [1.165, 1.54) is 6.07 Å². The first kappa shape index (κ1) is 14.1. The second-order valence-corrected chi connectivity index (χ2v) is 4.49. The Balaban J connectivity index is 2.62. The van der Waals surface area contributed by atoms with Crippen molar-refractivity contribution < 1.29 is 13.9 Å². The number of hydrogen-bond donors (Lipinski definition) is 2. The Hall–Kier alpha value is -1.00. The highest BCUT2D eigenvalue weighted by molar-refractivity contribution is 5.17. The molecule has 0 bridgehead atoms. The third kappa shape index (κ3) is 4.06. The van der Waals surface area contributed by atoms with Crippen molar-refractivity contribution in [3.63, 3.8) is 0 Å². The normalized spacial score (nSPS) is 14.6. The summed E-state index contributed by atoms with van der Waals surface area (Å²) >= 11 is 0. The average Bonchev–Trinajstić information content (AvgIpc) is 2.31. The van der Waals surface area contributed by atoms with E-state index in [2.05, 4.69) is 5.32 Å². The molecule has 0 aliphatic carbocycles. The van der Waals surface area contributed by atoms with E-state index < -0.39 is 11.6 Å². The highest BCUT2D eigenvalue weighted by Gasteiger charge is 2.20. The van der Waals surface area contributed by atoms with Crippen molar-refractivity contribution in [2.24, 2.45) is 0 Å². The summed E-state index contributed by atoms with van der Waals surface area (Å²) in [5.41, 5.74) is 0.515. The van der Waals surface area contributed by atoms with Crippen LogP contribution in [0.3, 0.4) is 0 Å². The lowest BCUT2D eigenvalue weighted by atomic mass is 9.94. The van der Waals surface area contributed by atoms with Gasteiger partial charge in [0.25, 0.3) is 0 Å². The van der Waals surface area contributed by atoms with Crippen LogP contribution in [-0.2, 0) is 6.54 Å². The summed E-state index contributed by atoms with van der Waals surface area (Å²) in [4.78, 5) is 0. The van der Waals surface area contributed by atoms with E-state index in [4.69, 9.17) is 5.11 Å². The quantitative estimate of drug-likeness (QED) is 0.805. The summed E-state index contributed by atoms with van der Waals surface area (Å²) in [5.74, 6) is -1.66. The minimum Gasteiger partial charge on any atom is -0.396 e. The Kier molecular flexibility index (Phi) is 5.02. The molecule has 0 aromatic heterocycles. The van der Waals surface area contributed by atoms with Gasteiger partial charge in [0.05, 0.1) is 0 Å². The molecular formula is C13H19F2NO. The van der Waals surface area contributed by atoms with Gasteiger partial charge in [-0.15, -0.1) is 0 Å². The molecule has 2 nitrogen and oxygen atoms in total. The SMILES string of the molecule is CCC(C)(CCO)NCc1ccc(F)c(F)c1. The van der Waals surface area contributed by atoms with Crippen molar-refractivity contribution in [2.75, 3.05) is 6.61 Å². The number of rotatable bonds is 6. The lowest BCUT2D eigenvalue weighted by molar-refractivity contribution is 0.214. The zero-order valence-corrected chi connectivity index (χ0v) is 10.3. The van der Waals surface area contributed by atoms with Crippen LogP contribution in [0.25, 0.3) is 0 Å². The maximum atomic E-state index is 13.0. The lowest BCUT2D eigenvalue weighted by Crippen LogP contribution is -2.42. The molecule has 1 atom stereocenters. The number of benzene rings is 1. The first-order chi connectivity index (χ1) is 8.00. The van der Waals surface area contributed by atoms with Gasteiger partial charge in [-0.2, -0.15) is 0 Å². The summed E-state index contributed by atoms with van der Waals surface area (Å²) in [7, 11) is 0. The van der Waals surface area contributed by atoms with E-state index in [1.807, 2.05) is 13.8 Å². The summed E-state index contributed by atoms with van der Waals surface area (Å²) in [5, 5.41) is 12.2. The maximum Gasteiger partial charge on any atom is 0.159 e. The Bertz CT molecular complexity index is 370. The molecule has 0 radical (unpaired) electrons. The lowest BCUT2D eigenvalue weighted by Gasteiger charge is -2.29. The van der Waals surface area contributed by atoms with E-state index in [1.54, 1.807) is 6.07 Å². The van der Waals surface area contributed by atoms with Crippen molar-refractivity contribution in [3.05, 3.63) is 35.4 Å². The zero-order chi connectivity index (χ0) is 12.9. The van der Waals surface area contributed by atoms with Crippen LogP contribution in [0.5, 0.6) is 0 Å². The van der Waals surface area contributed by atoms with Crippen LogP contribution in [0.2, 0.25) is 0 Å². The fraction of sp³-hybridized carbons (Fsp3) is 0.538. The highest BCUT2D eigenvalue weighted by Crippen LogP contribution is 2.15. The van der Waals surface area contributed by atoms with Gasteiger partial charge in [-0.3, -0.25) is 0 Å². The van der Waals surface area contributed by atoms with Crippen molar-refractivity contribution in [3.8, 4) is 0 Å². The van der Waals surface area contributed by atoms with Gasteiger partial charge < -0.3 is 10.4 Å². The summed E-state index contributed by atoms with van der Waals surface area (Å²) < 4.78 is 25.7. The fourth-order valence-electron chi connectivity index (χ4n) is 1.60. The average molecular weight is 243 g/mol. The Morgan fingerprint density at radius 3 is 2.53 bits per heavy atom. The summed E-state index contributed by atoms with van der Waals surface area (Å²) in [6, 6.07) is 3.87.